The molecule has 0 aliphatic heterocycles. The number of anilines is 2. The van der Waals surface area contributed by atoms with E-state index in [0.717, 1.165) is 18.9 Å². The molecule has 35 heavy (non-hydrogen) atoms. The van der Waals surface area contributed by atoms with E-state index >= 15 is 0 Å². The van der Waals surface area contributed by atoms with E-state index in [0.29, 0.717) is 35.8 Å². The minimum Gasteiger partial charge on any atom is -0.326 e. The SMILES string of the molecule is CCCCn1c(=O)[nH]c(=O)c2c1nc(CCC(=O)Nc1ccc(F)c(NC(C)=O)c1)n2CC(C)C. The molecule has 0 saturated carbocycles. The zero-order chi connectivity index (χ0) is 25.7. The molecule has 2 aromatic heterocycles. The molecule has 0 saturated heterocycles. The highest BCUT2D eigenvalue weighted by atomic mass is 19.1. The van der Waals surface area contributed by atoms with Crippen molar-refractivity contribution in [3.05, 3.63) is 50.7 Å². The number of nitrogens with zero attached hydrogens (tertiary/aromatic N) is 3. The van der Waals surface area contributed by atoms with Crippen molar-refractivity contribution >= 4 is 34.4 Å². The van der Waals surface area contributed by atoms with Crippen molar-refractivity contribution in [2.75, 3.05) is 10.6 Å². The summed E-state index contributed by atoms with van der Waals surface area (Å²) in [7, 11) is 0. The van der Waals surface area contributed by atoms with Crippen molar-refractivity contribution in [2.24, 2.45) is 5.92 Å². The third-order valence-electron chi connectivity index (χ3n) is 5.38. The number of nitrogens with one attached hydrogen (secondary N) is 3. The Labute approximate surface area is 201 Å². The van der Waals surface area contributed by atoms with Gasteiger partial charge in [-0.1, -0.05) is 27.2 Å². The number of halogens is 1. The molecule has 0 radical (unpaired) electrons. The Bertz CT molecular complexity index is 1350. The minimum atomic E-state index is -0.611. The number of unbranched alkanes of at least 4 members (excludes halogenated alkanes) is 1. The van der Waals surface area contributed by atoms with Crippen molar-refractivity contribution in [1.82, 2.24) is 19.1 Å². The number of carbonyl (C=O) groups is 2. The van der Waals surface area contributed by atoms with E-state index < -0.39 is 23.0 Å². The van der Waals surface area contributed by atoms with Crippen LogP contribution in [0.15, 0.2) is 27.8 Å². The summed E-state index contributed by atoms with van der Waals surface area (Å²) < 4.78 is 17.1. The van der Waals surface area contributed by atoms with Gasteiger partial charge in [0.25, 0.3) is 5.56 Å². The Balaban J connectivity index is 1.87. The fourth-order valence-electron chi connectivity index (χ4n) is 3.83. The lowest BCUT2D eigenvalue weighted by molar-refractivity contribution is -0.116. The molecule has 0 spiro atoms. The molecule has 2 heterocycles. The van der Waals surface area contributed by atoms with Crippen molar-refractivity contribution in [2.45, 2.75) is 66.5 Å². The minimum absolute atomic E-state index is 0.0294. The number of imidazole rings is 1. The van der Waals surface area contributed by atoms with Crippen LogP contribution in [0.2, 0.25) is 0 Å². The van der Waals surface area contributed by atoms with Crippen molar-refractivity contribution in [1.29, 1.82) is 0 Å². The van der Waals surface area contributed by atoms with E-state index in [1.54, 1.807) is 4.57 Å². The molecule has 1 aromatic carbocycles. The van der Waals surface area contributed by atoms with Crippen LogP contribution in [0.5, 0.6) is 0 Å². The van der Waals surface area contributed by atoms with Gasteiger partial charge in [0.15, 0.2) is 11.2 Å². The van der Waals surface area contributed by atoms with Gasteiger partial charge >= 0.3 is 5.69 Å². The first-order valence-corrected chi connectivity index (χ1v) is 11.7. The third kappa shape index (κ3) is 6.23. The average molecular weight is 487 g/mol. The highest BCUT2D eigenvalue weighted by molar-refractivity contribution is 5.93. The molecule has 0 unspecified atom stereocenters. The normalized spacial score (nSPS) is 11.3. The molecular weight excluding hydrogens is 455 g/mol. The fourth-order valence-corrected chi connectivity index (χ4v) is 3.83. The highest BCUT2D eigenvalue weighted by Gasteiger charge is 2.20. The first kappa shape index (κ1) is 25.9. The van der Waals surface area contributed by atoms with E-state index in [9.17, 15) is 23.6 Å². The van der Waals surface area contributed by atoms with Crippen LogP contribution in [-0.4, -0.2) is 30.9 Å². The van der Waals surface area contributed by atoms with E-state index in [4.69, 9.17) is 0 Å². The van der Waals surface area contributed by atoms with Gasteiger partial charge in [-0.2, -0.15) is 0 Å². The van der Waals surface area contributed by atoms with Crippen LogP contribution >= 0.6 is 0 Å². The number of rotatable bonds is 10. The van der Waals surface area contributed by atoms with Gasteiger partial charge in [-0.3, -0.25) is 23.9 Å². The Morgan fingerprint density at radius 2 is 1.91 bits per heavy atom. The van der Waals surface area contributed by atoms with Gasteiger partial charge in [0.2, 0.25) is 11.8 Å². The largest absolute Gasteiger partial charge is 0.330 e. The Hall–Kier alpha value is -3.76. The van der Waals surface area contributed by atoms with E-state index in [1.165, 1.54) is 23.6 Å². The molecule has 188 valence electrons. The van der Waals surface area contributed by atoms with Crippen molar-refractivity contribution < 1.29 is 14.0 Å². The average Bonchev–Trinajstić information content (AvgIpc) is 3.12. The van der Waals surface area contributed by atoms with Gasteiger partial charge in [0.1, 0.15) is 11.6 Å². The Morgan fingerprint density at radius 1 is 1.17 bits per heavy atom. The second-order valence-corrected chi connectivity index (χ2v) is 8.89. The van der Waals surface area contributed by atoms with Crippen LogP contribution in [0, 0.1) is 11.7 Å². The third-order valence-corrected chi connectivity index (χ3v) is 5.38. The summed E-state index contributed by atoms with van der Waals surface area (Å²) in [5, 5.41) is 5.07. The van der Waals surface area contributed by atoms with Gasteiger partial charge in [0.05, 0.1) is 5.69 Å². The Morgan fingerprint density at radius 3 is 2.57 bits per heavy atom. The number of amides is 2. The second kappa shape index (κ2) is 11.1. The standard InChI is InChI=1S/C24H31FN6O4/c1-5-6-11-30-22-21(23(34)29-24(30)35)31(13-14(2)3)19(28-22)9-10-20(33)27-16-7-8-17(25)18(12-16)26-15(4)32/h7-8,12,14H,5-6,9-11,13H2,1-4H3,(H,26,32)(H,27,33)(H,29,34,35). The smallest absolute Gasteiger partial charge is 0.326 e. The number of carbonyl (C=O) groups excluding carboxylic acids is 2. The van der Waals surface area contributed by atoms with Crippen LogP contribution in [0.25, 0.3) is 11.2 Å². The van der Waals surface area contributed by atoms with E-state index in [-0.39, 0.29) is 30.4 Å². The number of aromatic nitrogens is 4. The lowest BCUT2D eigenvalue weighted by Crippen LogP contribution is -2.31. The molecule has 0 aliphatic rings. The molecule has 10 nitrogen and oxygen atoms in total. The van der Waals surface area contributed by atoms with Gasteiger partial charge < -0.3 is 15.2 Å². The van der Waals surface area contributed by atoms with Crippen LogP contribution in [0.3, 0.4) is 0 Å². The van der Waals surface area contributed by atoms with Crippen molar-refractivity contribution in [3.8, 4) is 0 Å². The summed E-state index contributed by atoms with van der Waals surface area (Å²) in [5.74, 6) is -0.653. The molecule has 11 heteroatoms. The maximum atomic E-state index is 13.9. The second-order valence-electron chi connectivity index (χ2n) is 8.89. The lowest BCUT2D eigenvalue weighted by Gasteiger charge is -2.12. The first-order valence-electron chi connectivity index (χ1n) is 11.7. The number of aryl methyl sites for hydroxylation is 2. The van der Waals surface area contributed by atoms with Crippen LogP contribution < -0.4 is 21.9 Å². The quantitative estimate of drug-likeness (QED) is 0.405. The predicted octanol–water partition coefficient (Wildman–Crippen LogP) is 3.01. The maximum absolute atomic E-state index is 13.9. The van der Waals surface area contributed by atoms with Gasteiger partial charge in [-0.05, 0) is 30.5 Å². The summed E-state index contributed by atoms with van der Waals surface area (Å²) in [6.45, 7) is 8.22. The zero-order valence-corrected chi connectivity index (χ0v) is 20.4. The van der Waals surface area contributed by atoms with Crippen LogP contribution in [-0.2, 0) is 29.1 Å². The summed E-state index contributed by atoms with van der Waals surface area (Å²) >= 11 is 0. The highest BCUT2D eigenvalue weighted by Crippen LogP contribution is 2.20. The first-order chi connectivity index (χ1) is 16.6. The summed E-state index contributed by atoms with van der Waals surface area (Å²) in [5.41, 5.74) is -0.0526. The molecule has 0 aliphatic carbocycles. The van der Waals surface area contributed by atoms with Crippen molar-refractivity contribution in [3.63, 3.8) is 0 Å². The number of aromatic amines is 1. The topological polar surface area (TPSA) is 131 Å². The number of hydrogen-bond acceptors (Lipinski definition) is 5. The zero-order valence-electron chi connectivity index (χ0n) is 20.4. The molecule has 0 fully saturated rings. The number of benzene rings is 1. The molecular formula is C24H31FN6O4. The predicted molar refractivity (Wildman–Crippen MR) is 132 cm³/mol. The molecule has 3 aromatic rings. The lowest BCUT2D eigenvalue weighted by atomic mass is 10.2. The Kier molecular flexibility index (Phi) is 8.21. The van der Waals surface area contributed by atoms with E-state index in [1.807, 2.05) is 20.8 Å². The number of hydrogen-bond donors (Lipinski definition) is 3. The molecule has 0 atom stereocenters. The molecule has 0 bridgehead atoms. The number of H-pyrrole nitrogens is 1. The molecule has 3 rings (SSSR count). The van der Waals surface area contributed by atoms with Crippen LogP contribution in [0.4, 0.5) is 15.8 Å². The summed E-state index contributed by atoms with van der Waals surface area (Å²) in [6, 6.07) is 3.90. The van der Waals surface area contributed by atoms with E-state index in [2.05, 4.69) is 20.6 Å². The van der Waals surface area contributed by atoms with Gasteiger partial charge in [-0.25, -0.2) is 14.2 Å². The molecule has 2 amide bonds. The van der Waals surface area contributed by atoms with Crippen LogP contribution in [0.1, 0.15) is 52.8 Å². The fraction of sp³-hybridized carbons (Fsp3) is 0.458. The maximum Gasteiger partial charge on any atom is 0.330 e. The summed E-state index contributed by atoms with van der Waals surface area (Å²) in [6.07, 6.45) is 1.91. The molecule has 3 N–H and O–H groups in total. The summed E-state index contributed by atoms with van der Waals surface area (Å²) in [4.78, 5) is 56.0. The monoisotopic (exact) mass is 486 g/mol. The van der Waals surface area contributed by atoms with Gasteiger partial charge in [0, 0.05) is 38.5 Å². The number of fused-ring (bicyclic) bond motifs is 1. The van der Waals surface area contributed by atoms with Gasteiger partial charge in [-0.15, -0.1) is 0 Å².